The fraction of sp³-hybridized carbons (Fsp3) is 0.916. The Balaban J connectivity index is 0.000000234. The van der Waals surface area contributed by atoms with Gasteiger partial charge in [0.1, 0.15) is 6.04 Å². The maximum Gasteiger partial charge on any atom is 0.320 e. The van der Waals surface area contributed by atoms with Gasteiger partial charge in [-0.3, -0.25) is 48.8 Å². The van der Waals surface area contributed by atoms with E-state index in [2.05, 4.69) is 306 Å². The summed E-state index contributed by atoms with van der Waals surface area (Å²) in [6, 6.07) is 25.0. The van der Waals surface area contributed by atoms with E-state index in [0.717, 1.165) is 125 Å². The van der Waals surface area contributed by atoms with Crippen molar-refractivity contribution in [1.82, 2.24) is 103 Å². The van der Waals surface area contributed by atoms with Gasteiger partial charge in [0.25, 0.3) is 0 Å². The summed E-state index contributed by atoms with van der Waals surface area (Å²) in [5.41, 5.74) is 1.44. The highest BCUT2D eigenvalue weighted by atomic mass is 16.4. The summed E-state index contributed by atoms with van der Waals surface area (Å²) in [7, 11) is 1.68. The van der Waals surface area contributed by atoms with Crippen molar-refractivity contribution < 1.29 is 14.7 Å². The molecule has 1 aromatic carbocycles. The van der Waals surface area contributed by atoms with Crippen molar-refractivity contribution in [2.75, 3.05) is 158 Å². The van der Waals surface area contributed by atoms with Gasteiger partial charge in [-0.15, -0.1) is 0 Å². The van der Waals surface area contributed by atoms with Crippen molar-refractivity contribution in [1.29, 1.82) is 0 Å². The Kier molecular flexibility index (Phi) is 50.1. The largest absolute Gasteiger partial charge is 0.480 e. The number of carboxylic acid groups (broad SMARTS) is 1. The van der Waals surface area contributed by atoms with Crippen LogP contribution in [0.4, 0.5) is 0 Å². The maximum absolute atomic E-state index is 11.3. The number of likely N-dealkylation sites (tertiary alicyclic amines) is 3. The van der Waals surface area contributed by atoms with E-state index in [1.54, 1.807) is 7.05 Å². The highest BCUT2D eigenvalue weighted by Crippen LogP contribution is 2.32. The molecule has 0 aromatic heterocycles. The van der Waals surface area contributed by atoms with Crippen molar-refractivity contribution in [2.45, 2.75) is 377 Å². The molecule has 3 unspecified atom stereocenters. The molecule has 13 fully saturated rings. The number of fused-ring (bicyclic) bond motifs is 5. The number of benzene rings is 1. The van der Waals surface area contributed by atoms with Gasteiger partial charge in [0.2, 0.25) is 5.91 Å². The lowest BCUT2D eigenvalue weighted by atomic mass is 9.99. The highest BCUT2D eigenvalue weighted by Gasteiger charge is 2.41. The summed E-state index contributed by atoms with van der Waals surface area (Å²) in [5, 5.41) is 50.1. The third-order valence-electron chi connectivity index (χ3n) is 26.9. The van der Waals surface area contributed by atoms with Gasteiger partial charge in [0.05, 0.1) is 6.04 Å². The molecule has 13 N–H and O–H groups in total. The van der Waals surface area contributed by atoms with Crippen molar-refractivity contribution >= 4 is 11.9 Å². The van der Waals surface area contributed by atoms with Gasteiger partial charge in [0, 0.05) is 252 Å². The molecule has 1 aromatic rings. The predicted octanol–water partition coefficient (Wildman–Crippen LogP) is 8.84. The molecule has 118 heavy (non-hydrogen) atoms. The van der Waals surface area contributed by atoms with Crippen molar-refractivity contribution in [3.8, 4) is 0 Å². The first-order valence-corrected chi connectivity index (χ1v) is 48.4. The minimum Gasteiger partial charge on any atom is -0.480 e. The Labute approximate surface area is 726 Å². The number of nitrogens with one attached hydrogen (secondary N) is 12. The lowest BCUT2D eigenvalue weighted by Crippen LogP contribution is -2.58. The molecule has 13 aliphatic rings. The first-order chi connectivity index (χ1) is 55.8. The number of aliphatic carboxylic acids is 1. The van der Waals surface area contributed by atoms with Crippen LogP contribution in [0, 0.1) is 29.6 Å². The number of amides is 1. The SMILES string of the molecule is CC(C)N1CCN[C@H](Cc2ccccc2)C1.CC(C)N1C[C@@H](C)C[C@@H]1C(=O)O.CC(C)N1C[C@@H]2CCN[C@@H]2C1.CC(C)N1C[C@@H]2C[C@H]1CN2.CC(C)N1C[C@H](C)NC[C@H]1C.CC(C)NCC1CCCNC1.CC(C)N[C@H]1C[C@H]2C[C@@H]1CN2.CC(C)[C@H]1CN(C(C)C)CCN1.CC1CN(C(C)C)CC(C)N1.CNC(=O)[C@H]1CN(C(C)C)CCN1. The standard InChI is InChI=1S/C14H22N2.C10H22N2.C9H19N3O.2C9H18N2.3C9H20N2.C9H17NO2.C8H16N2/c1-12(2)16-9-8-15-14(11-16)10-13-6-4-3-5-7-13;1-8(2)10-7-12(9(3)4)6-5-11-10;1-7(2)12-5-4-11-8(6-12)9(13)10-3;1-6(2)11-9-4-8-3-7(9)5-10-8;1-7(2)11-5-8-3-4-10-9(8)6-11;1-7(2)11-6-8(3)10-5-9(11)4;1-7(2)11-5-8(3)10-9(4)6-11;1-8(2)11-7-9-4-3-5-10-6-9;1-6(2)10-5-7(3)4-8(10)9(11)12;1-6(2)10-5-7-3-8(10)4-9-7/h3-7,12,14-15H,8-11H2,1-2H3;8-11H,5-7H2,1-4H3;7-8,11H,4-6H2,1-3H3,(H,10,13);6-11H,3-5H2,1-2H3;7-10H,3-6H2,1-2H3;2*7-10H,5-6H2,1-4H3;8-11H,3-7H2,1-2H3;6-8H,4-5H2,1-3H3,(H,11,12);6-9H,3-5H2,1-2H3/t14-;10-;8-;7-,8-,9+;2*8-,9+;;;7-,8+;7-,8-/m111100..00/s1. The molecule has 17 atom stereocenters. The Morgan fingerprint density at radius 3 is 1.53 bits per heavy atom. The molecule has 1 aliphatic carbocycles. The van der Waals surface area contributed by atoms with E-state index < -0.39 is 5.97 Å². The first kappa shape index (κ1) is 106. The smallest absolute Gasteiger partial charge is 0.320 e. The zero-order valence-electron chi connectivity index (χ0n) is 81.3. The van der Waals surface area contributed by atoms with Gasteiger partial charge in [-0.1, -0.05) is 78.8 Å². The Bertz CT molecular complexity index is 2720. The Hall–Kier alpha value is -2.60. The minimum absolute atomic E-state index is 0.0406. The zero-order chi connectivity index (χ0) is 87.5. The molecule has 4 bridgehead atoms. The van der Waals surface area contributed by atoms with E-state index >= 15 is 0 Å². The molecule has 1 saturated carbocycles. The van der Waals surface area contributed by atoms with Crippen LogP contribution < -0.4 is 63.8 Å². The number of piperazine rings is 6. The second-order valence-electron chi connectivity index (χ2n) is 41.0. The van der Waals surface area contributed by atoms with Crippen molar-refractivity contribution in [3.63, 3.8) is 0 Å². The predicted molar refractivity (Wildman–Crippen MR) is 503 cm³/mol. The van der Waals surface area contributed by atoms with Crippen molar-refractivity contribution in [3.05, 3.63) is 35.9 Å². The van der Waals surface area contributed by atoms with Crippen LogP contribution in [0.1, 0.15) is 237 Å². The number of piperidine rings is 2. The van der Waals surface area contributed by atoms with Gasteiger partial charge in [-0.05, 0) is 258 Å². The fourth-order valence-corrected chi connectivity index (χ4v) is 19.6. The molecule has 0 spiro atoms. The monoisotopic (exact) mass is 1660 g/mol. The summed E-state index contributed by atoms with van der Waals surface area (Å²) in [6.45, 7) is 87.1. The second-order valence-corrected chi connectivity index (χ2v) is 41.0. The summed E-state index contributed by atoms with van der Waals surface area (Å²) in [4.78, 5) is 41.9. The average molecular weight is 1660 g/mol. The molecule has 12 heterocycles. The number of likely N-dealkylation sites (N-methyl/N-ethyl adjacent to an activating group) is 1. The summed E-state index contributed by atoms with van der Waals surface area (Å²) in [6.07, 6.45) is 10.2. The topological polar surface area (TPSA) is 225 Å². The van der Waals surface area contributed by atoms with E-state index in [9.17, 15) is 9.59 Å². The molecule has 23 nitrogen and oxygen atoms in total. The molecule has 23 heteroatoms. The van der Waals surface area contributed by atoms with Crippen LogP contribution in [-0.2, 0) is 16.0 Å². The van der Waals surface area contributed by atoms with Gasteiger partial charge in [0.15, 0.2) is 0 Å². The van der Waals surface area contributed by atoms with Crippen LogP contribution in [0.3, 0.4) is 0 Å². The highest BCUT2D eigenvalue weighted by molar-refractivity contribution is 5.81. The van der Waals surface area contributed by atoms with Gasteiger partial charge < -0.3 is 68.9 Å². The van der Waals surface area contributed by atoms with E-state index in [-0.39, 0.29) is 18.0 Å². The first-order valence-electron chi connectivity index (χ1n) is 48.4. The van der Waals surface area contributed by atoms with Crippen LogP contribution in [0.2, 0.25) is 0 Å². The van der Waals surface area contributed by atoms with Crippen LogP contribution >= 0.6 is 0 Å². The third kappa shape index (κ3) is 39.1. The van der Waals surface area contributed by atoms with Crippen LogP contribution in [0.25, 0.3) is 0 Å². The summed E-state index contributed by atoms with van der Waals surface area (Å²) in [5.74, 6) is 3.43. The van der Waals surface area contributed by atoms with Crippen LogP contribution in [0.15, 0.2) is 30.3 Å². The summed E-state index contributed by atoms with van der Waals surface area (Å²) < 4.78 is 0. The second kappa shape index (κ2) is 55.8. The summed E-state index contributed by atoms with van der Waals surface area (Å²) >= 11 is 0. The molecular weight excluding hydrogens is 1470 g/mol. The van der Waals surface area contributed by atoms with E-state index in [1.165, 1.54) is 149 Å². The minimum atomic E-state index is -0.673. The normalized spacial score (nSPS) is 31.5. The average Bonchev–Trinajstić information content (AvgIpc) is 1.69. The number of hydrogen-bond acceptors (Lipinski definition) is 21. The third-order valence-corrected chi connectivity index (χ3v) is 26.9. The maximum atomic E-state index is 11.3. The molecule has 0 radical (unpaired) electrons. The number of carboxylic acids is 1. The Morgan fingerprint density at radius 1 is 0.475 bits per heavy atom. The molecule has 12 saturated heterocycles. The van der Waals surface area contributed by atoms with Gasteiger partial charge >= 0.3 is 5.97 Å². The lowest BCUT2D eigenvalue weighted by molar-refractivity contribution is -0.142. The number of rotatable bonds is 18. The molecule has 1 amide bonds. The number of nitrogens with zero attached hydrogens (tertiary/aromatic N) is 8. The number of hydrogen-bond donors (Lipinski definition) is 13. The number of carbonyl (C=O) groups is 2. The molecule has 12 aliphatic heterocycles. The van der Waals surface area contributed by atoms with Gasteiger partial charge in [-0.25, -0.2) is 0 Å². The van der Waals surface area contributed by atoms with Crippen molar-refractivity contribution in [2.24, 2.45) is 29.6 Å². The number of carbonyl (C=O) groups excluding carboxylic acids is 1. The molecule has 14 rings (SSSR count). The molecule has 690 valence electrons. The molecular formula is C95H192N20O3. The fourth-order valence-electron chi connectivity index (χ4n) is 19.6. The van der Waals surface area contributed by atoms with E-state index in [4.69, 9.17) is 5.11 Å². The van der Waals surface area contributed by atoms with Crippen LogP contribution in [0.5, 0.6) is 0 Å². The van der Waals surface area contributed by atoms with E-state index in [0.29, 0.717) is 90.5 Å². The van der Waals surface area contributed by atoms with Gasteiger partial charge in [-0.2, -0.15) is 0 Å². The Morgan fingerprint density at radius 2 is 1.06 bits per heavy atom. The lowest BCUT2D eigenvalue weighted by Gasteiger charge is -2.40. The van der Waals surface area contributed by atoms with E-state index in [1.807, 2.05) is 13.8 Å². The van der Waals surface area contributed by atoms with Crippen LogP contribution in [-0.4, -0.2) is 353 Å². The quantitative estimate of drug-likeness (QED) is 0.0659. The zero-order valence-corrected chi connectivity index (χ0v) is 81.3.